The maximum Gasteiger partial charge on any atom is 0.411 e. The van der Waals surface area contributed by atoms with Crippen molar-refractivity contribution in [1.29, 1.82) is 0 Å². The third-order valence-corrected chi connectivity index (χ3v) is 5.74. The number of anilines is 1. The summed E-state index contributed by atoms with van der Waals surface area (Å²) in [6.45, 7) is -0.233. The number of methoxy groups -OCH3 is 1. The summed E-state index contributed by atoms with van der Waals surface area (Å²) in [5.41, 5.74) is 3.98. The molecule has 8 nitrogen and oxygen atoms in total. The Kier molecular flexibility index (Phi) is 7.07. The minimum absolute atomic E-state index is 0.0253. The van der Waals surface area contributed by atoms with Crippen molar-refractivity contribution < 1.29 is 33.4 Å². The number of carbonyl (C=O) groups excluding carboxylic acids is 2. The van der Waals surface area contributed by atoms with Gasteiger partial charge in [0.05, 0.1) is 17.9 Å². The lowest BCUT2D eigenvalue weighted by Gasteiger charge is -2.17. The molecule has 3 N–H and O–H groups in total. The van der Waals surface area contributed by atoms with E-state index in [1.807, 2.05) is 48.5 Å². The highest BCUT2D eigenvalue weighted by atomic mass is 19.1. The van der Waals surface area contributed by atoms with Gasteiger partial charge in [-0.1, -0.05) is 48.5 Å². The molecule has 1 aliphatic rings. The van der Waals surface area contributed by atoms with Crippen LogP contribution in [0, 0.1) is 5.82 Å². The highest BCUT2D eigenvalue weighted by Crippen LogP contribution is 2.44. The topological polar surface area (TPSA) is 114 Å². The first kappa shape index (κ1) is 23.9. The average Bonchev–Trinajstić information content (AvgIpc) is 3.17. The fourth-order valence-corrected chi connectivity index (χ4v) is 4.14. The number of amides is 2. The van der Waals surface area contributed by atoms with Gasteiger partial charge in [-0.3, -0.25) is 10.1 Å². The van der Waals surface area contributed by atoms with E-state index in [0.717, 1.165) is 34.4 Å². The normalized spacial score (nSPS) is 12.9. The summed E-state index contributed by atoms with van der Waals surface area (Å²) < 4.78 is 24.1. The lowest BCUT2D eigenvalue weighted by Crippen LogP contribution is -2.44. The zero-order chi connectivity index (χ0) is 24.9. The van der Waals surface area contributed by atoms with Crippen molar-refractivity contribution in [2.24, 2.45) is 0 Å². The van der Waals surface area contributed by atoms with E-state index in [1.54, 1.807) is 0 Å². The molecule has 0 fully saturated rings. The number of rotatable bonds is 8. The maximum absolute atomic E-state index is 13.9. The van der Waals surface area contributed by atoms with Crippen molar-refractivity contribution in [3.8, 4) is 11.1 Å². The first-order chi connectivity index (χ1) is 16.9. The van der Waals surface area contributed by atoms with Gasteiger partial charge in [0.15, 0.2) is 6.04 Å². The molecule has 0 radical (unpaired) electrons. The number of nitrogens with one attached hydrogen (secondary N) is 2. The highest BCUT2D eigenvalue weighted by molar-refractivity contribution is 6.03. The van der Waals surface area contributed by atoms with Gasteiger partial charge in [-0.2, -0.15) is 0 Å². The Labute approximate surface area is 200 Å². The van der Waals surface area contributed by atoms with Gasteiger partial charge in [-0.25, -0.2) is 14.0 Å². The minimum atomic E-state index is -1.35. The molecule has 0 aliphatic heterocycles. The van der Waals surface area contributed by atoms with Crippen LogP contribution in [0.2, 0.25) is 0 Å². The number of ether oxygens (including phenoxy) is 2. The summed E-state index contributed by atoms with van der Waals surface area (Å²) in [6.07, 6.45) is -0.834. The van der Waals surface area contributed by atoms with Crippen LogP contribution in [0.3, 0.4) is 0 Å². The average molecular weight is 478 g/mol. The van der Waals surface area contributed by atoms with Gasteiger partial charge in [-0.15, -0.1) is 0 Å². The van der Waals surface area contributed by atoms with Crippen LogP contribution < -0.4 is 10.6 Å². The Morgan fingerprint density at radius 1 is 1.00 bits per heavy atom. The quantitative estimate of drug-likeness (QED) is 0.451. The van der Waals surface area contributed by atoms with Crippen molar-refractivity contribution in [2.45, 2.75) is 12.0 Å². The Bertz CT molecular complexity index is 1230. The molecule has 0 saturated heterocycles. The molecule has 35 heavy (non-hydrogen) atoms. The molecule has 0 saturated carbocycles. The van der Waals surface area contributed by atoms with Crippen LogP contribution in [0.25, 0.3) is 11.1 Å². The molecule has 3 aromatic carbocycles. The molecule has 0 bridgehead atoms. The van der Waals surface area contributed by atoms with Crippen molar-refractivity contribution in [2.75, 3.05) is 25.6 Å². The number of hydrogen-bond acceptors (Lipinski definition) is 5. The second-order valence-corrected chi connectivity index (χ2v) is 7.96. The SMILES string of the molecule is COCC(NC(=O)c1cc(F)ccc1NC(=O)OCC1c2ccccc2-c2ccccc21)C(=O)O. The number of carboxylic acids is 1. The molecule has 180 valence electrons. The second-order valence-electron chi connectivity index (χ2n) is 7.96. The lowest BCUT2D eigenvalue weighted by molar-refractivity contribution is -0.140. The summed E-state index contributed by atoms with van der Waals surface area (Å²) in [7, 11) is 1.29. The minimum Gasteiger partial charge on any atom is -0.480 e. The Morgan fingerprint density at radius 3 is 2.23 bits per heavy atom. The molecule has 1 aliphatic carbocycles. The lowest BCUT2D eigenvalue weighted by atomic mass is 9.98. The van der Waals surface area contributed by atoms with Crippen LogP contribution in [0.15, 0.2) is 66.7 Å². The van der Waals surface area contributed by atoms with Crippen LogP contribution in [-0.4, -0.2) is 49.4 Å². The summed E-state index contributed by atoms with van der Waals surface area (Å²) in [6, 6.07) is 17.6. The molecule has 2 amide bonds. The van der Waals surface area contributed by atoms with Gasteiger partial charge in [-0.05, 0) is 40.5 Å². The van der Waals surface area contributed by atoms with Gasteiger partial charge < -0.3 is 19.9 Å². The molecular formula is C26H23FN2O6. The first-order valence-corrected chi connectivity index (χ1v) is 10.8. The monoisotopic (exact) mass is 478 g/mol. The van der Waals surface area contributed by atoms with Gasteiger partial charge >= 0.3 is 12.1 Å². The summed E-state index contributed by atoms with van der Waals surface area (Å²) in [5, 5.41) is 13.9. The van der Waals surface area contributed by atoms with Crippen molar-refractivity contribution in [3.63, 3.8) is 0 Å². The molecule has 3 aromatic rings. The molecule has 0 heterocycles. The number of carbonyl (C=O) groups is 3. The van der Waals surface area contributed by atoms with Gasteiger partial charge in [0.25, 0.3) is 5.91 Å². The fraction of sp³-hybridized carbons (Fsp3) is 0.192. The van der Waals surface area contributed by atoms with Crippen LogP contribution in [0.1, 0.15) is 27.4 Å². The summed E-state index contributed by atoms with van der Waals surface area (Å²) >= 11 is 0. The Balaban J connectivity index is 1.48. The zero-order valence-corrected chi connectivity index (χ0v) is 18.8. The zero-order valence-electron chi connectivity index (χ0n) is 18.8. The summed E-state index contributed by atoms with van der Waals surface area (Å²) in [5.74, 6) is -3.09. The predicted molar refractivity (Wildman–Crippen MR) is 126 cm³/mol. The van der Waals surface area contributed by atoms with Crippen LogP contribution >= 0.6 is 0 Å². The first-order valence-electron chi connectivity index (χ1n) is 10.8. The van der Waals surface area contributed by atoms with E-state index in [-0.39, 0.29) is 30.4 Å². The largest absolute Gasteiger partial charge is 0.480 e. The van der Waals surface area contributed by atoms with Crippen LogP contribution in [0.4, 0.5) is 14.9 Å². The van der Waals surface area contributed by atoms with E-state index in [9.17, 15) is 23.9 Å². The standard InChI is InChI=1S/C26H23FN2O6/c1-34-14-23(25(31)32)28-24(30)20-12-15(27)10-11-22(20)29-26(33)35-13-21-18-8-4-2-6-16(18)17-7-3-5-9-19(17)21/h2-12,21,23H,13-14H2,1H3,(H,28,30)(H,29,33)(H,31,32). The molecule has 1 unspecified atom stereocenters. The van der Waals surface area contributed by atoms with Gasteiger partial charge in [0, 0.05) is 13.0 Å². The third-order valence-electron chi connectivity index (χ3n) is 5.74. The third kappa shape index (κ3) is 5.15. The van der Waals surface area contributed by atoms with E-state index in [1.165, 1.54) is 13.2 Å². The number of hydrogen-bond donors (Lipinski definition) is 3. The van der Waals surface area contributed by atoms with E-state index in [0.29, 0.717) is 0 Å². The van der Waals surface area contributed by atoms with Gasteiger partial charge in [0.2, 0.25) is 0 Å². The van der Waals surface area contributed by atoms with Crippen molar-refractivity contribution in [3.05, 3.63) is 89.2 Å². The second kappa shape index (κ2) is 10.4. The Hall–Kier alpha value is -4.24. The molecule has 1 atom stereocenters. The number of benzene rings is 3. The molecule has 0 aromatic heterocycles. The molecule has 4 rings (SSSR count). The number of fused-ring (bicyclic) bond motifs is 3. The molecular weight excluding hydrogens is 455 g/mol. The van der Waals surface area contributed by atoms with Crippen molar-refractivity contribution >= 4 is 23.7 Å². The molecule has 9 heteroatoms. The maximum atomic E-state index is 13.9. The van der Waals surface area contributed by atoms with Crippen molar-refractivity contribution in [1.82, 2.24) is 5.32 Å². The molecule has 0 spiro atoms. The fourth-order valence-electron chi connectivity index (χ4n) is 4.14. The smallest absolute Gasteiger partial charge is 0.411 e. The number of halogens is 1. The van der Waals surface area contributed by atoms with E-state index in [4.69, 9.17) is 9.47 Å². The number of aliphatic carboxylic acids is 1. The van der Waals surface area contributed by atoms with Crippen LogP contribution in [-0.2, 0) is 14.3 Å². The predicted octanol–water partition coefficient (Wildman–Crippen LogP) is 4.02. The van der Waals surface area contributed by atoms with E-state index < -0.39 is 29.8 Å². The summed E-state index contributed by atoms with van der Waals surface area (Å²) in [4.78, 5) is 36.6. The van der Waals surface area contributed by atoms with Crippen LogP contribution in [0.5, 0.6) is 0 Å². The van der Waals surface area contributed by atoms with E-state index in [2.05, 4.69) is 10.6 Å². The Morgan fingerprint density at radius 2 is 1.63 bits per heavy atom. The highest BCUT2D eigenvalue weighted by Gasteiger charge is 2.29. The van der Waals surface area contributed by atoms with E-state index >= 15 is 0 Å². The number of carboxylic acid groups (broad SMARTS) is 1. The van der Waals surface area contributed by atoms with Gasteiger partial charge in [0.1, 0.15) is 12.4 Å².